The Labute approximate surface area is 189 Å². The first-order valence-electron chi connectivity index (χ1n) is 10.2. The van der Waals surface area contributed by atoms with E-state index in [9.17, 15) is 14.4 Å². The number of hydrogen-bond donors (Lipinski definition) is 2. The maximum absolute atomic E-state index is 13.0. The molecule has 0 radical (unpaired) electrons. The number of nitrogens with zero attached hydrogens (tertiary/aromatic N) is 4. The number of thiophene rings is 1. The molecule has 0 saturated carbocycles. The Morgan fingerprint density at radius 2 is 1.94 bits per heavy atom. The fourth-order valence-corrected chi connectivity index (χ4v) is 4.82. The summed E-state index contributed by atoms with van der Waals surface area (Å²) in [5, 5.41) is 3.79. The Bertz CT molecular complexity index is 1190. The highest BCUT2D eigenvalue weighted by molar-refractivity contribution is 7.21. The molecule has 0 bridgehead atoms. The van der Waals surface area contributed by atoms with Gasteiger partial charge in [-0.05, 0) is 37.1 Å². The second-order valence-electron chi connectivity index (χ2n) is 7.72. The van der Waals surface area contributed by atoms with Gasteiger partial charge in [0, 0.05) is 39.1 Å². The van der Waals surface area contributed by atoms with Crippen LogP contribution < -0.4 is 16.0 Å². The second-order valence-corrected chi connectivity index (χ2v) is 8.72. The number of hydrogen-bond acceptors (Lipinski definition) is 6. The minimum atomic E-state index is -0.481. The van der Waals surface area contributed by atoms with E-state index in [0.717, 1.165) is 59.3 Å². The lowest BCUT2D eigenvalue weighted by molar-refractivity contribution is -0.113. The van der Waals surface area contributed by atoms with Crippen LogP contribution in [0.2, 0.25) is 0 Å². The number of likely N-dealkylation sites (N-methyl/N-ethyl adjacent to an activating group) is 1. The molecule has 0 atom stereocenters. The molecule has 1 aliphatic carbocycles. The van der Waals surface area contributed by atoms with Crippen molar-refractivity contribution in [2.24, 2.45) is 5.73 Å². The highest BCUT2D eigenvalue weighted by atomic mass is 32.1. The summed E-state index contributed by atoms with van der Waals surface area (Å²) in [5.74, 6) is -0.493. The molecule has 3 aliphatic rings. The van der Waals surface area contributed by atoms with Crippen molar-refractivity contribution in [1.82, 2.24) is 14.8 Å². The van der Waals surface area contributed by atoms with Gasteiger partial charge in [0.05, 0.1) is 22.5 Å². The summed E-state index contributed by atoms with van der Waals surface area (Å²) in [6.07, 6.45) is 8.76. The zero-order valence-corrected chi connectivity index (χ0v) is 18.7. The first kappa shape index (κ1) is 21.6. The van der Waals surface area contributed by atoms with Crippen molar-refractivity contribution in [2.75, 3.05) is 37.4 Å². The van der Waals surface area contributed by atoms with Gasteiger partial charge in [-0.15, -0.1) is 11.3 Å². The molecule has 1 fully saturated rings. The molecule has 1 saturated heterocycles. The number of allylic oxidation sites excluding steroid dienone is 2. The van der Waals surface area contributed by atoms with Gasteiger partial charge in [-0.2, -0.15) is 0 Å². The van der Waals surface area contributed by atoms with E-state index in [1.165, 1.54) is 11.3 Å². The highest BCUT2D eigenvalue weighted by Crippen LogP contribution is 2.46. The van der Waals surface area contributed by atoms with Crippen LogP contribution in [-0.2, 0) is 4.79 Å². The van der Waals surface area contributed by atoms with Crippen molar-refractivity contribution in [2.45, 2.75) is 12.8 Å². The van der Waals surface area contributed by atoms with Gasteiger partial charge in [0.1, 0.15) is 9.71 Å². The third-order valence-corrected chi connectivity index (χ3v) is 6.49. The van der Waals surface area contributed by atoms with E-state index in [0.29, 0.717) is 10.6 Å². The summed E-state index contributed by atoms with van der Waals surface area (Å²) in [5.41, 5.74) is 7.80. The van der Waals surface area contributed by atoms with Crippen LogP contribution in [0.1, 0.15) is 22.5 Å². The van der Waals surface area contributed by atoms with Crippen molar-refractivity contribution < 1.29 is 14.4 Å². The molecule has 4 amide bonds. The molecule has 9 nitrogen and oxygen atoms in total. The van der Waals surface area contributed by atoms with Crippen LogP contribution in [0.3, 0.4) is 0 Å². The van der Waals surface area contributed by atoms with Crippen molar-refractivity contribution >= 4 is 50.8 Å². The molecule has 2 aliphatic heterocycles. The van der Waals surface area contributed by atoms with E-state index in [2.05, 4.69) is 22.6 Å². The Morgan fingerprint density at radius 1 is 1.28 bits per heavy atom. The summed E-state index contributed by atoms with van der Waals surface area (Å²) in [4.78, 5) is 46.6. The minimum absolute atomic E-state index is 0.0113. The van der Waals surface area contributed by atoms with Crippen LogP contribution in [0.4, 0.5) is 16.2 Å². The number of primary amides is 1. The number of rotatable bonds is 4. The number of carbonyl (C=O) groups excluding carboxylic acids is 3. The van der Waals surface area contributed by atoms with Gasteiger partial charge < -0.3 is 20.9 Å². The van der Waals surface area contributed by atoms with Crippen molar-refractivity contribution in [3.05, 3.63) is 53.3 Å². The maximum Gasteiger partial charge on any atom is 0.331 e. The Balaban J connectivity index is 0.000000444. The molecular formula is C22H24N6O3S. The summed E-state index contributed by atoms with van der Waals surface area (Å²) in [6, 6.07) is 1.59. The number of carbonyl (C=O) groups is 3. The molecule has 2 aromatic rings. The van der Waals surface area contributed by atoms with Crippen LogP contribution in [0.25, 0.3) is 10.2 Å². The minimum Gasteiger partial charge on any atom is -0.378 e. The van der Waals surface area contributed by atoms with Crippen LogP contribution >= 0.6 is 11.3 Å². The third kappa shape index (κ3) is 3.73. The van der Waals surface area contributed by atoms with Crippen molar-refractivity contribution in [1.29, 1.82) is 0 Å². The number of nitrogens with one attached hydrogen (secondary N) is 1. The number of amides is 4. The van der Waals surface area contributed by atoms with Gasteiger partial charge in [0.25, 0.3) is 5.91 Å². The maximum atomic E-state index is 13.0. The molecular weight excluding hydrogens is 428 g/mol. The Hall–Kier alpha value is -3.66. The number of urea groups is 1. The fraction of sp³-hybridized carbons (Fsp3) is 0.273. The van der Waals surface area contributed by atoms with Crippen molar-refractivity contribution in [3.8, 4) is 0 Å². The van der Waals surface area contributed by atoms with Gasteiger partial charge in [-0.3, -0.25) is 14.5 Å². The molecule has 2 aromatic heterocycles. The van der Waals surface area contributed by atoms with Gasteiger partial charge in [-0.1, -0.05) is 6.58 Å². The zero-order valence-electron chi connectivity index (χ0n) is 17.9. The van der Waals surface area contributed by atoms with Crippen LogP contribution in [-0.4, -0.2) is 59.8 Å². The SMILES string of the molecule is C=CC(N)=O.CN(C)C1=CC(N2C(=O)Nc3c(C(=O)N4CCCC4)sc4nccc2c34)=C1. The van der Waals surface area contributed by atoms with E-state index in [1.807, 2.05) is 42.1 Å². The molecule has 0 aromatic carbocycles. The number of likely N-dealkylation sites (tertiary alicyclic amines) is 1. The molecule has 10 heteroatoms. The third-order valence-electron chi connectivity index (χ3n) is 5.40. The molecule has 4 heterocycles. The highest BCUT2D eigenvalue weighted by Gasteiger charge is 2.35. The molecule has 5 rings (SSSR count). The van der Waals surface area contributed by atoms with Gasteiger partial charge in [-0.25, -0.2) is 9.78 Å². The van der Waals surface area contributed by atoms with Crippen LogP contribution in [0.15, 0.2) is 48.5 Å². The monoisotopic (exact) mass is 452 g/mol. The predicted molar refractivity (Wildman–Crippen MR) is 125 cm³/mol. The molecule has 0 unspecified atom stereocenters. The van der Waals surface area contributed by atoms with E-state index in [4.69, 9.17) is 0 Å². The van der Waals surface area contributed by atoms with E-state index >= 15 is 0 Å². The first-order chi connectivity index (χ1) is 15.3. The molecule has 32 heavy (non-hydrogen) atoms. The quantitative estimate of drug-likeness (QED) is 0.693. The number of nitrogens with two attached hydrogens (primary N) is 1. The smallest absolute Gasteiger partial charge is 0.331 e. The summed E-state index contributed by atoms with van der Waals surface area (Å²) in [6.45, 7) is 4.64. The van der Waals surface area contributed by atoms with Gasteiger partial charge in [0.2, 0.25) is 5.91 Å². The largest absolute Gasteiger partial charge is 0.378 e. The first-order valence-corrected chi connectivity index (χ1v) is 11.0. The van der Waals surface area contributed by atoms with E-state index in [-0.39, 0.29) is 11.9 Å². The Kier molecular flexibility index (Phi) is 5.70. The van der Waals surface area contributed by atoms with Crippen molar-refractivity contribution in [3.63, 3.8) is 0 Å². The number of anilines is 2. The van der Waals surface area contributed by atoms with Crippen LogP contribution in [0.5, 0.6) is 0 Å². The normalized spacial score (nSPS) is 16.4. The van der Waals surface area contributed by atoms with Gasteiger partial charge >= 0.3 is 6.03 Å². The second kappa shape index (κ2) is 8.46. The van der Waals surface area contributed by atoms with Gasteiger partial charge in [0.15, 0.2) is 0 Å². The standard InChI is InChI=1S/C19H19N5O2S.C3H5NO/c1-22(2)11-9-12(10-11)24-13-5-6-20-17-14(13)15(21-19(24)26)16(27-17)18(25)23-7-3-4-8-23;1-2-3(4)5/h5-6,9-10H,3-4,7-8H2,1-2H3,(H,21,26);2H,1H2,(H2,4,5). The molecule has 3 N–H and O–H groups in total. The lowest BCUT2D eigenvalue weighted by Crippen LogP contribution is -2.39. The molecule has 0 spiro atoms. The number of aromatic nitrogens is 1. The van der Waals surface area contributed by atoms with E-state index < -0.39 is 5.91 Å². The lowest BCUT2D eigenvalue weighted by Gasteiger charge is -2.33. The molecule has 166 valence electrons. The fourth-order valence-electron chi connectivity index (χ4n) is 3.73. The zero-order chi connectivity index (χ0) is 23.0. The average molecular weight is 453 g/mol. The summed E-state index contributed by atoms with van der Waals surface area (Å²) >= 11 is 1.36. The van der Waals surface area contributed by atoms with Crippen LogP contribution in [0, 0.1) is 0 Å². The number of pyridine rings is 1. The lowest BCUT2D eigenvalue weighted by atomic mass is 10.1. The predicted octanol–water partition coefficient (Wildman–Crippen LogP) is 2.88. The summed E-state index contributed by atoms with van der Waals surface area (Å²) in [7, 11) is 3.93. The summed E-state index contributed by atoms with van der Waals surface area (Å²) < 4.78 is 0. The van der Waals surface area contributed by atoms with E-state index in [1.54, 1.807) is 11.1 Å². The Morgan fingerprint density at radius 3 is 2.53 bits per heavy atom. The average Bonchev–Trinajstić information content (AvgIpc) is 3.38. The topological polar surface area (TPSA) is 112 Å².